The number of nitrogens with zero attached hydrogens (tertiary/aromatic N) is 2. The van der Waals surface area contributed by atoms with Crippen molar-refractivity contribution >= 4 is 11.6 Å². The molecule has 0 N–H and O–H groups in total. The largest absolute Gasteiger partial charge is 0.308 e. The van der Waals surface area contributed by atoms with Gasteiger partial charge in [0.1, 0.15) is 0 Å². The summed E-state index contributed by atoms with van der Waals surface area (Å²) >= 11 is 0. The van der Waals surface area contributed by atoms with Crippen LogP contribution < -0.4 is 4.90 Å². The highest BCUT2D eigenvalue weighted by Gasteiger charge is 2.32. The molecule has 28 heavy (non-hydrogen) atoms. The Hall–Kier alpha value is -2.91. The fraction of sp³-hybridized carbons (Fsp3) is 0.240. The van der Waals surface area contributed by atoms with Crippen molar-refractivity contribution < 1.29 is 4.79 Å². The van der Waals surface area contributed by atoms with Crippen LogP contribution in [0.25, 0.3) is 0 Å². The summed E-state index contributed by atoms with van der Waals surface area (Å²) in [5.41, 5.74) is 3.43. The van der Waals surface area contributed by atoms with Crippen LogP contribution in [0, 0.1) is 5.92 Å². The van der Waals surface area contributed by atoms with E-state index in [1.54, 1.807) is 0 Å². The monoisotopic (exact) mass is 370 g/mol. The smallest absolute Gasteiger partial charge is 0.231 e. The van der Waals surface area contributed by atoms with Gasteiger partial charge in [0.25, 0.3) is 0 Å². The maximum atomic E-state index is 13.4. The normalized spacial score (nSPS) is 16.8. The zero-order valence-corrected chi connectivity index (χ0v) is 16.1. The van der Waals surface area contributed by atoms with E-state index in [9.17, 15) is 4.79 Å². The average molecular weight is 370 g/mol. The fourth-order valence-electron chi connectivity index (χ4n) is 3.91. The van der Waals surface area contributed by atoms with Crippen molar-refractivity contribution in [2.75, 3.05) is 18.0 Å². The third-order valence-electron chi connectivity index (χ3n) is 5.39. The molecule has 1 saturated heterocycles. The van der Waals surface area contributed by atoms with Crippen molar-refractivity contribution in [3.05, 3.63) is 102 Å². The lowest BCUT2D eigenvalue weighted by molar-refractivity contribution is -0.122. The van der Waals surface area contributed by atoms with Crippen LogP contribution in [-0.4, -0.2) is 23.9 Å². The minimum Gasteiger partial charge on any atom is -0.308 e. The number of carbonyl (C=O) groups excluding carboxylic acids is 1. The highest BCUT2D eigenvalue weighted by Crippen LogP contribution is 2.25. The molecule has 1 heterocycles. The minimum absolute atomic E-state index is 0.0487. The minimum atomic E-state index is 0.0487. The number of likely N-dealkylation sites (tertiary alicyclic amines) is 1. The number of anilines is 1. The summed E-state index contributed by atoms with van der Waals surface area (Å²) in [6.45, 7) is 3.32. The van der Waals surface area contributed by atoms with Crippen LogP contribution in [0.3, 0.4) is 0 Å². The molecular weight excluding hydrogens is 344 g/mol. The van der Waals surface area contributed by atoms with E-state index >= 15 is 0 Å². The zero-order chi connectivity index (χ0) is 19.2. The topological polar surface area (TPSA) is 23.6 Å². The van der Waals surface area contributed by atoms with E-state index in [1.165, 1.54) is 5.56 Å². The standard InChI is InChI=1S/C25H26N2O/c28-25(23-16-17-26(20-23)18-21-10-4-1-5-11-21)27(24-14-8-3-9-15-24)19-22-12-6-2-7-13-22/h1-15,23H,16-20H2. The predicted molar refractivity (Wildman–Crippen MR) is 114 cm³/mol. The van der Waals surface area contributed by atoms with E-state index in [-0.39, 0.29) is 11.8 Å². The third kappa shape index (κ3) is 4.49. The molecule has 0 aliphatic carbocycles. The summed E-state index contributed by atoms with van der Waals surface area (Å²) in [6, 6.07) is 30.8. The van der Waals surface area contributed by atoms with Gasteiger partial charge in [-0.2, -0.15) is 0 Å². The Morgan fingerprint density at radius 2 is 1.39 bits per heavy atom. The molecule has 4 rings (SSSR count). The maximum Gasteiger partial charge on any atom is 0.231 e. The van der Waals surface area contributed by atoms with Crippen LogP contribution in [0.15, 0.2) is 91.0 Å². The zero-order valence-electron chi connectivity index (χ0n) is 16.1. The van der Waals surface area contributed by atoms with Crippen molar-refractivity contribution in [1.29, 1.82) is 0 Å². The van der Waals surface area contributed by atoms with Crippen molar-refractivity contribution in [1.82, 2.24) is 4.90 Å². The molecule has 1 atom stereocenters. The number of benzene rings is 3. The van der Waals surface area contributed by atoms with E-state index in [0.29, 0.717) is 6.54 Å². The van der Waals surface area contributed by atoms with Gasteiger partial charge in [0.2, 0.25) is 5.91 Å². The molecule has 3 heteroatoms. The molecular formula is C25H26N2O. The van der Waals surface area contributed by atoms with Gasteiger partial charge in [0.05, 0.1) is 12.5 Å². The number of amides is 1. The van der Waals surface area contributed by atoms with Gasteiger partial charge >= 0.3 is 0 Å². The molecule has 0 aromatic heterocycles. The quantitative estimate of drug-likeness (QED) is 0.626. The van der Waals surface area contributed by atoms with E-state index in [2.05, 4.69) is 41.3 Å². The van der Waals surface area contributed by atoms with Crippen LogP contribution in [0.1, 0.15) is 17.5 Å². The molecule has 1 amide bonds. The summed E-state index contributed by atoms with van der Waals surface area (Å²) in [4.78, 5) is 17.8. The second-order valence-electron chi connectivity index (χ2n) is 7.45. The lowest BCUT2D eigenvalue weighted by Gasteiger charge is -2.26. The lowest BCUT2D eigenvalue weighted by atomic mass is 10.1. The Morgan fingerprint density at radius 3 is 2.04 bits per heavy atom. The summed E-state index contributed by atoms with van der Waals surface area (Å²) in [5, 5.41) is 0. The Kier molecular flexibility index (Phi) is 5.83. The van der Waals surface area contributed by atoms with Crippen LogP contribution in [0.5, 0.6) is 0 Å². The SMILES string of the molecule is O=C(C1CCN(Cc2ccccc2)C1)N(Cc1ccccc1)c1ccccc1. The van der Waals surface area contributed by atoms with E-state index in [0.717, 1.165) is 37.3 Å². The van der Waals surface area contributed by atoms with Crippen LogP contribution in [0.4, 0.5) is 5.69 Å². The van der Waals surface area contributed by atoms with Gasteiger partial charge < -0.3 is 4.90 Å². The van der Waals surface area contributed by atoms with Crippen molar-refractivity contribution in [2.45, 2.75) is 19.5 Å². The molecule has 3 aromatic rings. The second kappa shape index (κ2) is 8.85. The van der Waals surface area contributed by atoms with Crippen molar-refractivity contribution in [2.24, 2.45) is 5.92 Å². The van der Waals surface area contributed by atoms with Crippen LogP contribution >= 0.6 is 0 Å². The third-order valence-corrected chi connectivity index (χ3v) is 5.39. The Bertz CT molecular complexity index is 880. The molecule has 1 unspecified atom stereocenters. The van der Waals surface area contributed by atoms with Crippen LogP contribution in [-0.2, 0) is 17.9 Å². The van der Waals surface area contributed by atoms with Crippen molar-refractivity contribution in [3.63, 3.8) is 0 Å². The lowest BCUT2D eigenvalue weighted by Crippen LogP contribution is -2.37. The second-order valence-corrected chi connectivity index (χ2v) is 7.45. The summed E-state index contributed by atoms with van der Waals surface area (Å²) < 4.78 is 0. The molecule has 0 radical (unpaired) electrons. The van der Waals surface area contributed by atoms with E-state index in [4.69, 9.17) is 0 Å². The van der Waals surface area contributed by atoms with Gasteiger partial charge in [0.15, 0.2) is 0 Å². The van der Waals surface area contributed by atoms with E-state index < -0.39 is 0 Å². The highest BCUT2D eigenvalue weighted by atomic mass is 16.2. The molecule has 1 fully saturated rings. The first kappa shape index (κ1) is 18.5. The van der Waals surface area contributed by atoms with Gasteiger partial charge in [0, 0.05) is 18.8 Å². The average Bonchev–Trinajstić information content (AvgIpc) is 3.22. The van der Waals surface area contributed by atoms with Crippen molar-refractivity contribution in [3.8, 4) is 0 Å². The molecule has 0 bridgehead atoms. The molecule has 3 aromatic carbocycles. The number of carbonyl (C=O) groups is 1. The Labute approximate surface area is 167 Å². The van der Waals surface area contributed by atoms with Gasteiger partial charge in [-0.15, -0.1) is 0 Å². The van der Waals surface area contributed by atoms with Gasteiger partial charge in [-0.25, -0.2) is 0 Å². The number of rotatable bonds is 6. The van der Waals surface area contributed by atoms with Gasteiger partial charge in [-0.3, -0.25) is 9.69 Å². The number of hydrogen-bond acceptors (Lipinski definition) is 2. The summed E-state index contributed by atoms with van der Waals surface area (Å²) in [5.74, 6) is 0.276. The van der Waals surface area contributed by atoms with Crippen LogP contribution in [0.2, 0.25) is 0 Å². The summed E-state index contributed by atoms with van der Waals surface area (Å²) in [7, 11) is 0. The number of para-hydroxylation sites is 1. The molecule has 3 nitrogen and oxygen atoms in total. The molecule has 0 spiro atoms. The molecule has 142 valence electrons. The fourth-order valence-corrected chi connectivity index (χ4v) is 3.91. The summed E-state index contributed by atoms with van der Waals surface area (Å²) in [6.07, 6.45) is 0.920. The van der Waals surface area contributed by atoms with Gasteiger partial charge in [-0.1, -0.05) is 78.9 Å². The molecule has 1 aliphatic heterocycles. The molecule has 1 aliphatic rings. The maximum absolute atomic E-state index is 13.4. The first-order valence-corrected chi connectivity index (χ1v) is 9.96. The highest BCUT2D eigenvalue weighted by molar-refractivity contribution is 5.95. The first-order chi connectivity index (χ1) is 13.8. The molecule has 0 saturated carbocycles. The predicted octanol–water partition coefficient (Wildman–Crippen LogP) is 4.74. The Morgan fingerprint density at radius 1 is 0.821 bits per heavy atom. The van der Waals surface area contributed by atoms with Gasteiger partial charge in [-0.05, 0) is 36.2 Å². The number of hydrogen-bond donors (Lipinski definition) is 0. The van der Waals surface area contributed by atoms with E-state index in [1.807, 2.05) is 59.5 Å². The Balaban J connectivity index is 1.48. The first-order valence-electron chi connectivity index (χ1n) is 9.96.